The highest BCUT2D eigenvalue weighted by atomic mass is 16.5. The molecule has 0 atom stereocenters. The van der Waals surface area contributed by atoms with Gasteiger partial charge in [-0.1, -0.05) is 13.8 Å². The molecule has 114 valence electrons. The van der Waals surface area contributed by atoms with Crippen molar-refractivity contribution >= 4 is 5.95 Å². The maximum absolute atomic E-state index is 5.41. The van der Waals surface area contributed by atoms with Crippen molar-refractivity contribution in [2.75, 3.05) is 18.5 Å². The van der Waals surface area contributed by atoms with Gasteiger partial charge in [0.1, 0.15) is 0 Å². The Hall–Kier alpha value is -2.18. The summed E-state index contributed by atoms with van der Waals surface area (Å²) in [7, 11) is 0. The molecule has 2 rings (SSSR count). The van der Waals surface area contributed by atoms with E-state index in [0.717, 1.165) is 31.5 Å². The van der Waals surface area contributed by atoms with Crippen molar-refractivity contribution in [1.82, 2.24) is 24.7 Å². The van der Waals surface area contributed by atoms with E-state index in [1.54, 1.807) is 6.20 Å². The smallest absolute Gasteiger partial charge is 0.321 e. The molecule has 2 heterocycles. The summed E-state index contributed by atoms with van der Waals surface area (Å²) in [5.41, 5.74) is 0.867. The van der Waals surface area contributed by atoms with E-state index in [1.165, 1.54) is 0 Å². The minimum Gasteiger partial charge on any atom is -0.464 e. The third-order valence-corrected chi connectivity index (χ3v) is 2.77. The lowest BCUT2D eigenvalue weighted by atomic mass is 10.3. The average molecular weight is 290 g/mol. The minimum atomic E-state index is 0.337. The molecule has 7 nitrogen and oxygen atoms in total. The Morgan fingerprint density at radius 3 is 2.71 bits per heavy atom. The molecule has 0 aromatic carbocycles. The van der Waals surface area contributed by atoms with Gasteiger partial charge in [0.05, 0.1) is 18.4 Å². The van der Waals surface area contributed by atoms with Gasteiger partial charge in [-0.3, -0.25) is 4.68 Å². The van der Waals surface area contributed by atoms with E-state index in [1.807, 2.05) is 17.8 Å². The molecule has 7 heteroatoms. The molecule has 0 aliphatic heterocycles. The standard InChI is InChI=1S/C14H22N6O/c1-4-7-15-13-17-12(18-14(19-13)21-6-3)11-9-16-20(10-11)8-5-2/h9-10H,4-8H2,1-3H3,(H,15,17,18,19). The Kier molecular flexibility index (Phi) is 5.48. The summed E-state index contributed by atoms with van der Waals surface area (Å²) >= 11 is 0. The maximum Gasteiger partial charge on any atom is 0.321 e. The van der Waals surface area contributed by atoms with Crippen LogP contribution < -0.4 is 10.1 Å². The van der Waals surface area contributed by atoms with Gasteiger partial charge in [0.25, 0.3) is 0 Å². The van der Waals surface area contributed by atoms with E-state index in [2.05, 4.69) is 39.2 Å². The zero-order valence-corrected chi connectivity index (χ0v) is 12.8. The van der Waals surface area contributed by atoms with Crippen LogP contribution in [0.3, 0.4) is 0 Å². The van der Waals surface area contributed by atoms with Gasteiger partial charge in [0.15, 0.2) is 5.82 Å². The molecule has 0 aliphatic carbocycles. The summed E-state index contributed by atoms with van der Waals surface area (Å²) in [5, 5.41) is 7.47. The monoisotopic (exact) mass is 290 g/mol. The van der Waals surface area contributed by atoms with Crippen LogP contribution in [0.5, 0.6) is 6.01 Å². The number of rotatable bonds is 8. The lowest BCUT2D eigenvalue weighted by Gasteiger charge is -2.07. The molecule has 1 N–H and O–H groups in total. The van der Waals surface area contributed by atoms with Gasteiger partial charge < -0.3 is 10.1 Å². The Labute approximate surface area is 124 Å². The topological polar surface area (TPSA) is 77.8 Å². The zero-order chi connectivity index (χ0) is 15.1. The number of anilines is 1. The predicted molar refractivity (Wildman–Crippen MR) is 81.3 cm³/mol. The maximum atomic E-state index is 5.41. The molecule has 0 saturated carbocycles. The van der Waals surface area contributed by atoms with Gasteiger partial charge in [-0.15, -0.1) is 0 Å². The number of hydrogen-bond acceptors (Lipinski definition) is 6. The van der Waals surface area contributed by atoms with Crippen LogP contribution in [0.4, 0.5) is 5.95 Å². The van der Waals surface area contributed by atoms with E-state index in [9.17, 15) is 0 Å². The molecule has 0 radical (unpaired) electrons. The van der Waals surface area contributed by atoms with Gasteiger partial charge in [-0.2, -0.15) is 20.1 Å². The molecule has 0 bridgehead atoms. The number of nitrogens with zero attached hydrogens (tertiary/aromatic N) is 5. The van der Waals surface area contributed by atoms with Crippen molar-refractivity contribution < 1.29 is 4.74 Å². The lowest BCUT2D eigenvalue weighted by molar-refractivity contribution is 0.312. The van der Waals surface area contributed by atoms with Crippen molar-refractivity contribution in [2.24, 2.45) is 0 Å². The highest BCUT2D eigenvalue weighted by Gasteiger charge is 2.11. The molecule has 0 saturated heterocycles. The SMILES string of the molecule is CCCNc1nc(OCC)nc(-c2cnn(CCC)c2)n1. The van der Waals surface area contributed by atoms with E-state index >= 15 is 0 Å². The summed E-state index contributed by atoms with van der Waals surface area (Å²) in [6.45, 7) is 8.32. The van der Waals surface area contributed by atoms with Crippen LogP contribution in [-0.2, 0) is 6.54 Å². The van der Waals surface area contributed by atoms with E-state index < -0.39 is 0 Å². The summed E-state index contributed by atoms with van der Waals surface area (Å²) in [6, 6.07) is 0.337. The summed E-state index contributed by atoms with van der Waals surface area (Å²) in [4.78, 5) is 13.0. The lowest BCUT2D eigenvalue weighted by Crippen LogP contribution is -2.08. The van der Waals surface area contributed by atoms with E-state index in [-0.39, 0.29) is 0 Å². The van der Waals surface area contributed by atoms with Crippen molar-refractivity contribution in [3.05, 3.63) is 12.4 Å². The molecule has 0 spiro atoms. The second kappa shape index (κ2) is 7.56. The molecular weight excluding hydrogens is 268 g/mol. The quantitative estimate of drug-likeness (QED) is 0.804. The first kappa shape index (κ1) is 15.2. The van der Waals surface area contributed by atoms with Crippen molar-refractivity contribution in [2.45, 2.75) is 40.2 Å². The molecule has 2 aromatic rings. The minimum absolute atomic E-state index is 0.337. The summed E-state index contributed by atoms with van der Waals surface area (Å²) in [6.07, 6.45) is 5.74. The number of hydrogen-bond donors (Lipinski definition) is 1. The largest absolute Gasteiger partial charge is 0.464 e. The predicted octanol–water partition coefficient (Wildman–Crippen LogP) is 2.37. The molecule has 21 heavy (non-hydrogen) atoms. The molecule has 2 aromatic heterocycles. The zero-order valence-electron chi connectivity index (χ0n) is 12.8. The Balaban J connectivity index is 2.28. The highest BCUT2D eigenvalue weighted by molar-refractivity contribution is 5.54. The van der Waals surface area contributed by atoms with Crippen LogP contribution >= 0.6 is 0 Å². The first-order chi connectivity index (χ1) is 10.3. The molecule has 0 fully saturated rings. The Bertz CT molecular complexity index is 568. The van der Waals surface area contributed by atoms with Crippen LogP contribution in [0.2, 0.25) is 0 Å². The third kappa shape index (κ3) is 4.14. The van der Waals surface area contributed by atoms with E-state index in [0.29, 0.717) is 24.4 Å². The second-order valence-corrected chi connectivity index (χ2v) is 4.62. The first-order valence-corrected chi connectivity index (χ1v) is 7.42. The van der Waals surface area contributed by atoms with Gasteiger partial charge in [0.2, 0.25) is 5.95 Å². The van der Waals surface area contributed by atoms with Gasteiger partial charge >= 0.3 is 6.01 Å². The Morgan fingerprint density at radius 1 is 1.14 bits per heavy atom. The number of aromatic nitrogens is 5. The fourth-order valence-electron chi connectivity index (χ4n) is 1.83. The molecular formula is C14H22N6O. The number of nitrogens with one attached hydrogen (secondary N) is 1. The van der Waals surface area contributed by atoms with Gasteiger partial charge in [-0.05, 0) is 19.8 Å². The highest BCUT2D eigenvalue weighted by Crippen LogP contribution is 2.18. The molecule has 0 aliphatic rings. The van der Waals surface area contributed by atoms with Crippen LogP contribution in [-0.4, -0.2) is 37.9 Å². The molecule has 0 amide bonds. The second-order valence-electron chi connectivity index (χ2n) is 4.62. The fraction of sp³-hybridized carbons (Fsp3) is 0.571. The van der Waals surface area contributed by atoms with Crippen LogP contribution in [0, 0.1) is 0 Å². The normalized spacial score (nSPS) is 10.6. The van der Waals surface area contributed by atoms with Crippen LogP contribution in [0.1, 0.15) is 33.6 Å². The summed E-state index contributed by atoms with van der Waals surface area (Å²) in [5.74, 6) is 1.11. The number of aryl methyl sites for hydroxylation is 1. The van der Waals surface area contributed by atoms with Crippen molar-refractivity contribution in [1.29, 1.82) is 0 Å². The van der Waals surface area contributed by atoms with Gasteiger partial charge in [0, 0.05) is 19.3 Å². The average Bonchev–Trinajstić information content (AvgIpc) is 2.94. The first-order valence-electron chi connectivity index (χ1n) is 7.42. The molecule has 0 unspecified atom stereocenters. The van der Waals surface area contributed by atoms with Crippen molar-refractivity contribution in [3.8, 4) is 17.4 Å². The van der Waals surface area contributed by atoms with Crippen LogP contribution in [0.15, 0.2) is 12.4 Å². The fourth-order valence-corrected chi connectivity index (χ4v) is 1.83. The Morgan fingerprint density at radius 2 is 2.00 bits per heavy atom. The number of ether oxygens (including phenoxy) is 1. The van der Waals surface area contributed by atoms with Crippen LogP contribution in [0.25, 0.3) is 11.4 Å². The van der Waals surface area contributed by atoms with E-state index in [4.69, 9.17) is 4.74 Å². The third-order valence-electron chi connectivity index (χ3n) is 2.77. The van der Waals surface area contributed by atoms with Crippen molar-refractivity contribution in [3.63, 3.8) is 0 Å². The van der Waals surface area contributed by atoms with Gasteiger partial charge in [-0.25, -0.2) is 0 Å². The summed E-state index contributed by atoms with van der Waals surface area (Å²) < 4.78 is 7.30.